The maximum Gasteiger partial charge on any atom is 0.339 e. The molecule has 0 heterocycles. The van der Waals surface area contributed by atoms with E-state index in [0.29, 0.717) is 11.7 Å². The van der Waals surface area contributed by atoms with Crippen molar-refractivity contribution in [2.45, 2.75) is 38.7 Å². The van der Waals surface area contributed by atoms with Gasteiger partial charge in [-0.25, -0.2) is 4.79 Å². The van der Waals surface area contributed by atoms with E-state index in [0.717, 1.165) is 16.7 Å². The molecular formula is C31H30O3. The van der Waals surface area contributed by atoms with Crippen molar-refractivity contribution in [1.82, 2.24) is 0 Å². The highest BCUT2D eigenvalue weighted by Crippen LogP contribution is 2.32. The van der Waals surface area contributed by atoms with Crippen LogP contribution >= 0.6 is 0 Å². The van der Waals surface area contributed by atoms with Crippen LogP contribution in [-0.2, 0) is 0 Å². The Hall–Kier alpha value is -3.85. The third kappa shape index (κ3) is 5.20. The van der Waals surface area contributed by atoms with E-state index in [1.54, 1.807) is 12.1 Å². The van der Waals surface area contributed by atoms with Crippen LogP contribution in [0.25, 0.3) is 0 Å². The van der Waals surface area contributed by atoms with Crippen LogP contribution in [0.15, 0.2) is 103 Å². The molecule has 3 heteroatoms. The number of carboxylic acid groups (broad SMARTS) is 1. The fourth-order valence-electron chi connectivity index (χ4n) is 4.27. The van der Waals surface area contributed by atoms with Crippen molar-refractivity contribution in [1.29, 1.82) is 0 Å². The molecule has 0 aliphatic heterocycles. The summed E-state index contributed by atoms with van der Waals surface area (Å²) in [6, 6.07) is 34.3. The van der Waals surface area contributed by atoms with Gasteiger partial charge in [-0.3, -0.25) is 0 Å². The van der Waals surface area contributed by atoms with E-state index in [-0.39, 0.29) is 17.6 Å². The molecular weight excluding hydrogens is 420 g/mol. The van der Waals surface area contributed by atoms with Gasteiger partial charge in [-0.2, -0.15) is 0 Å². The highest BCUT2D eigenvalue weighted by molar-refractivity contribution is 5.91. The van der Waals surface area contributed by atoms with Crippen LogP contribution in [0, 0.1) is 0 Å². The van der Waals surface area contributed by atoms with E-state index in [9.17, 15) is 9.90 Å². The number of rotatable bonds is 8. The van der Waals surface area contributed by atoms with Gasteiger partial charge in [0.05, 0.1) is 0 Å². The van der Waals surface area contributed by atoms with Crippen LogP contribution in [0.3, 0.4) is 0 Å². The lowest BCUT2D eigenvalue weighted by atomic mass is 9.91. The molecule has 0 fully saturated rings. The fraction of sp³-hybridized carbons (Fsp3) is 0.194. The van der Waals surface area contributed by atoms with E-state index >= 15 is 0 Å². The zero-order chi connectivity index (χ0) is 24.1. The first-order valence-corrected chi connectivity index (χ1v) is 11.7. The molecule has 0 radical (unpaired) electrons. The molecule has 172 valence electrons. The zero-order valence-corrected chi connectivity index (χ0v) is 19.8. The Morgan fingerprint density at radius 2 is 1.06 bits per heavy atom. The maximum absolute atomic E-state index is 12.0. The van der Waals surface area contributed by atoms with E-state index < -0.39 is 5.97 Å². The lowest BCUT2D eigenvalue weighted by Gasteiger charge is -2.20. The maximum atomic E-state index is 12.0. The van der Waals surface area contributed by atoms with Crippen molar-refractivity contribution in [3.8, 4) is 5.75 Å². The molecule has 34 heavy (non-hydrogen) atoms. The average molecular weight is 451 g/mol. The predicted octanol–water partition coefficient (Wildman–Crippen LogP) is 7.83. The molecule has 0 spiro atoms. The van der Waals surface area contributed by atoms with Crippen molar-refractivity contribution < 1.29 is 14.6 Å². The third-order valence-corrected chi connectivity index (χ3v) is 6.54. The number of carbonyl (C=O) groups is 1. The first-order valence-electron chi connectivity index (χ1n) is 11.7. The van der Waals surface area contributed by atoms with Gasteiger partial charge in [-0.1, -0.05) is 105 Å². The van der Waals surface area contributed by atoms with E-state index in [2.05, 4.69) is 74.5 Å². The highest BCUT2D eigenvalue weighted by atomic mass is 16.5. The SMILES string of the molecule is CC(Oc1ccc(C(C)c2ccccc2)cc1C(=O)O)c1ccc(C(C)c2ccccc2)cc1. The monoisotopic (exact) mass is 450 g/mol. The second kappa shape index (κ2) is 10.4. The van der Waals surface area contributed by atoms with Gasteiger partial charge < -0.3 is 9.84 Å². The smallest absolute Gasteiger partial charge is 0.339 e. The molecule has 3 nitrogen and oxygen atoms in total. The normalized spacial score (nSPS) is 13.6. The molecule has 4 aromatic rings. The van der Waals surface area contributed by atoms with Gasteiger partial charge in [0.1, 0.15) is 17.4 Å². The number of hydrogen-bond acceptors (Lipinski definition) is 2. The van der Waals surface area contributed by atoms with Gasteiger partial charge in [-0.05, 0) is 46.9 Å². The first kappa shape index (κ1) is 23.3. The number of aromatic carboxylic acids is 1. The Morgan fingerprint density at radius 3 is 1.59 bits per heavy atom. The fourth-order valence-corrected chi connectivity index (χ4v) is 4.27. The van der Waals surface area contributed by atoms with E-state index in [4.69, 9.17) is 4.74 Å². The molecule has 0 aromatic heterocycles. The largest absolute Gasteiger partial charge is 0.485 e. The number of benzene rings is 4. The van der Waals surface area contributed by atoms with Gasteiger partial charge in [0.2, 0.25) is 0 Å². The number of ether oxygens (including phenoxy) is 1. The Kier molecular flexibility index (Phi) is 7.12. The summed E-state index contributed by atoms with van der Waals surface area (Å²) in [4.78, 5) is 12.0. The van der Waals surface area contributed by atoms with Gasteiger partial charge in [0.15, 0.2) is 0 Å². The second-order valence-corrected chi connectivity index (χ2v) is 8.75. The van der Waals surface area contributed by atoms with Crippen LogP contribution in [0.5, 0.6) is 5.75 Å². The molecule has 0 saturated heterocycles. The summed E-state index contributed by atoms with van der Waals surface area (Å²) >= 11 is 0. The molecule has 4 aromatic carbocycles. The molecule has 3 unspecified atom stereocenters. The molecule has 0 amide bonds. The Morgan fingerprint density at radius 1 is 0.618 bits per heavy atom. The minimum absolute atomic E-state index is 0.0879. The van der Waals surface area contributed by atoms with Gasteiger partial charge in [0.25, 0.3) is 0 Å². The molecule has 0 bridgehead atoms. The summed E-state index contributed by atoms with van der Waals surface area (Å²) in [5.41, 5.74) is 5.78. The van der Waals surface area contributed by atoms with Crippen molar-refractivity contribution in [2.75, 3.05) is 0 Å². The second-order valence-electron chi connectivity index (χ2n) is 8.75. The van der Waals surface area contributed by atoms with Crippen molar-refractivity contribution >= 4 is 5.97 Å². The molecule has 0 saturated carbocycles. The van der Waals surface area contributed by atoms with E-state index in [1.807, 2.05) is 37.3 Å². The molecule has 3 atom stereocenters. The topological polar surface area (TPSA) is 46.5 Å². The Balaban J connectivity index is 1.52. The third-order valence-electron chi connectivity index (χ3n) is 6.54. The lowest BCUT2D eigenvalue weighted by Crippen LogP contribution is -2.09. The van der Waals surface area contributed by atoms with Crippen molar-refractivity contribution in [2.24, 2.45) is 0 Å². The van der Waals surface area contributed by atoms with Crippen LogP contribution in [0.1, 0.15) is 76.9 Å². The zero-order valence-electron chi connectivity index (χ0n) is 19.8. The summed E-state index contributed by atoms with van der Waals surface area (Å²) in [6.07, 6.45) is -0.281. The van der Waals surface area contributed by atoms with Crippen LogP contribution < -0.4 is 4.74 Å². The van der Waals surface area contributed by atoms with Gasteiger partial charge >= 0.3 is 5.97 Å². The quantitative estimate of drug-likeness (QED) is 0.297. The Labute approximate surface area is 201 Å². The van der Waals surface area contributed by atoms with Crippen LogP contribution in [-0.4, -0.2) is 11.1 Å². The highest BCUT2D eigenvalue weighted by Gasteiger charge is 2.19. The standard InChI is InChI=1S/C31H30O3/c1-21(24-10-6-4-7-11-24)26-14-16-27(17-15-26)23(3)34-30-19-18-28(20-29(30)31(32)33)22(2)25-12-8-5-9-13-25/h4-23H,1-3H3,(H,32,33). The minimum atomic E-state index is -0.989. The lowest BCUT2D eigenvalue weighted by molar-refractivity contribution is 0.0689. The Bertz CT molecular complexity index is 1230. The minimum Gasteiger partial charge on any atom is -0.485 e. The van der Waals surface area contributed by atoms with Gasteiger partial charge in [-0.15, -0.1) is 0 Å². The van der Waals surface area contributed by atoms with Crippen molar-refractivity contribution in [3.63, 3.8) is 0 Å². The van der Waals surface area contributed by atoms with Gasteiger partial charge in [0, 0.05) is 11.8 Å². The number of carboxylic acids is 1. The molecule has 1 N–H and O–H groups in total. The summed E-state index contributed by atoms with van der Waals surface area (Å²) in [5, 5.41) is 9.85. The summed E-state index contributed by atoms with van der Waals surface area (Å²) in [6.45, 7) is 6.22. The predicted molar refractivity (Wildman–Crippen MR) is 137 cm³/mol. The summed E-state index contributed by atoms with van der Waals surface area (Å²) in [7, 11) is 0. The van der Waals surface area contributed by atoms with Crippen LogP contribution in [0.4, 0.5) is 0 Å². The summed E-state index contributed by atoms with van der Waals surface area (Å²) in [5.74, 6) is -0.226. The van der Waals surface area contributed by atoms with Crippen LogP contribution in [0.2, 0.25) is 0 Å². The van der Waals surface area contributed by atoms with Crippen molar-refractivity contribution in [3.05, 3.63) is 137 Å². The summed E-state index contributed by atoms with van der Waals surface area (Å²) < 4.78 is 6.14. The first-order chi connectivity index (χ1) is 16.4. The number of hydrogen-bond donors (Lipinski definition) is 1. The molecule has 0 aliphatic rings. The van der Waals surface area contributed by atoms with E-state index in [1.165, 1.54) is 11.1 Å². The average Bonchev–Trinajstić information content (AvgIpc) is 2.89. The molecule has 0 aliphatic carbocycles. The molecule has 4 rings (SSSR count).